The van der Waals surface area contributed by atoms with Crippen molar-refractivity contribution in [3.8, 4) is 0 Å². The molecule has 0 saturated carbocycles. The van der Waals surface area contributed by atoms with Crippen LogP contribution in [0.15, 0.2) is 40.9 Å². The topological polar surface area (TPSA) is 38.0 Å². The highest BCUT2D eigenvalue weighted by molar-refractivity contribution is 9.10. The number of halogens is 3. The molecule has 5 heteroatoms. The first-order chi connectivity index (χ1) is 8.97. The van der Waals surface area contributed by atoms with Crippen molar-refractivity contribution >= 4 is 38.9 Å². The molecule has 0 aromatic heterocycles. The maximum Gasteiger partial charge on any atom is 0.143 e. The molecule has 0 amide bonds. The Morgan fingerprint density at radius 3 is 2.74 bits per heavy atom. The normalized spacial score (nSPS) is 12.2. The van der Waals surface area contributed by atoms with Gasteiger partial charge < -0.3 is 11.1 Å². The Morgan fingerprint density at radius 1 is 1.32 bits per heavy atom. The molecule has 100 valence electrons. The van der Waals surface area contributed by atoms with Crippen LogP contribution in [-0.2, 0) is 0 Å². The van der Waals surface area contributed by atoms with E-state index in [1.807, 2.05) is 31.2 Å². The predicted octanol–water partition coefficient (Wildman–Crippen LogP) is 5.00. The quantitative estimate of drug-likeness (QED) is 0.770. The number of nitrogen functional groups attached to an aromatic ring is 1. The Bertz CT molecular complexity index is 604. The molecule has 0 fully saturated rings. The summed E-state index contributed by atoms with van der Waals surface area (Å²) in [5.41, 5.74) is 7.86. The molecule has 0 aliphatic carbocycles. The summed E-state index contributed by atoms with van der Waals surface area (Å²) in [6.07, 6.45) is 0. The number of nitrogens with one attached hydrogen (secondary N) is 1. The molecule has 0 spiro atoms. The third kappa shape index (κ3) is 3.39. The fourth-order valence-electron chi connectivity index (χ4n) is 1.78. The van der Waals surface area contributed by atoms with Gasteiger partial charge in [-0.25, -0.2) is 4.39 Å². The summed E-state index contributed by atoms with van der Waals surface area (Å²) in [6, 6.07) is 10.6. The molecule has 19 heavy (non-hydrogen) atoms. The first-order valence-corrected chi connectivity index (χ1v) is 6.91. The standard InChI is InChI=1S/C14H13BrClFN2/c1-8(9-3-2-4-10(15)5-9)19-14-7-12(17)11(16)6-13(14)18/h2-8,19H,18H2,1H3. The Balaban J connectivity index is 2.24. The molecule has 0 aliphatic rings. The summed E-state index contributed by atoms with van der Waals surface area (Å²) in [7, 11) is 0. The first-order valence-electron chi connectivity index (χ1n) is 5.74. The zero-order valence-electron chi connectivity index (χ0n) is 10.3. The van der Waals surface area contributed by atoms with E-state index in [2.05, 4.69) is 21.2 Å². The van der Waals surface area contributed by atoms with Crippen molar-refractivity contribution in [1.29, 1.82) is 0 Å². The van der Waals surface area contributed by atoms with E-state index >= 15 is 0 Å². The van der Waals surface area contributed by atoms with Gasteiger partial charge in [0.25, 0.3) is 0 Å². The monoisotopic (exact) mass is 342 g/mol. The molecular weight excluding hydrogens is 331 g/mol. The van der Waals surface area contributed by atoms with Crippen LogP contribution in [0.3, 0.4) is 0 Å². The predicted molar refractivity (Wildman–Crippen MR) is 82.0 cm³/mol. The summed E-state index contributed by atoms with van der Waals surface area (Å²) in [5.74, 6) is -0.486. The van der Waals surface area contributed by atoms with Crippen molar-refractivity contribution in [2.24, 2.45) is 0 Å². The van der Waals surface area contributed by atoms with E-state index in [-0.39, 0.29) is 11.1 Å². The number of hydrogen-bond acceptors (Lipinski definition) is 2. The van der Waals surface area contributed by atoms with E-state index in [9.17, 15) is 4.39 Å². The Labute approximate surface area is 124 Å². The summed E-state index contributed by atoms with van der Waals surface area (Å²) >= 11 is 9.09. The zero-order chi connectivity index (χ0) is 14.0. The van der Waals surface area contributed by atoms with Gasteiger partial charge >= 0.3 is 0 Å². The van der Waals surface area contributed by atoms with Gasteiger partial charge in [0.05, 0.1) is 16.4 Å². The average molecular weight is 344 g/mol. The Kier molecular flexibility index (Phi) is 4.32. The molecule has 3 N–H and O–H groups in total. The molecular formula is C14H13BrClFN2. The van der Waals surface area contributed by atoms with Crippen LogP contribution in [0.1, 0.15) is 18.5 Å². The maximum absolute atomic E-state index is 13.4. The lowest BCUT2D eigenvalue weighted by atomic mass is 10.1. The summed E-state index contributed by atoms with van der Waals surface area (Å²) < 4.78 is 14.4. The lowest BCUT2D eigenvalue weighted by molar-refractivity contribution is 0.628. The van der Waals surface area contributed by atoms with Crippen molar-refractivity contribution in [3.05, 3.63) is 57.3 Å². The smallest absolute Gasteiger partial charge is 0.143 e. The Hall–Kier alpha value is -1.26. The van der Waals surface area contributed by atoms with E-state index in [4.69, 9.17) is 17.3 Å². The molecule has 0 aliphatic heterocycles. The minimum atomic E-state index is -0.486. The SMILES string of the molecule is CC(Nc1cc(F)c(Cl)cc1N)c1cccc(Br)c1. The summed E-state index contributed by atoms with van der Waals surface area (Å²) in [5, 5.41) is 3.20. The van der Waals surface area contributed by atoms with Crippen molar-refractivity contribution in [1.82, 2.24) is 0 Å². The van der Waals surface area contributed by atoms with E-state index < -0.39 is 5.82 Å². The van der Waals surface area contributed by atoms with Crippen molar-refractivity contribution in [2.75, 3.05) is 11.1 Å². The van der Waals surface area contributed by atoms with Crippen LogP contribution in [0.5, 0.6) is 0 Å². The molecule has 2 rings (SSSR count). The largest absolute Gasteiger partial charge is 0.397 e. The summed E-state index contributed by atoms with van der Waals surface area (Å²) in [6.45, 7) is 1.98. The average Bonchev–Trinajstić information content (AvgIpc) is 2.36. The molecule has 2 aromatic rings. The van der Waals surface area contributed by atoms with Gasteiger partial charge in [0.1, 0.15) is 5.82 Å². The van der Waals surface area contributed by atoms with Crippen molar-refractivity contribution in [3.63, 3.8) is 0 Å². The van der Waals surface area contributed by atoms with Crippen molar-refractivity contribution in [2.45, 2.75) is 13.0 Å². The van der Waals surface area contributed by atoms with Gasteiger partial charge in [-0.05, 0) is 30.7 Å². The van der Waals surface area contributed by atoms with E-state index in [0.717, 1.165) is 10.0 Å². The van der Waals surface area contributed by atoms with Crippen LogP contribution in [0.25, 0.3) is 0 Å². The number of benzene rings is 2. The highest BCUT2D eigenvalue weighted by Crippen LogP contribution is 2.29. The lowest BCUT2D eigenvalue weighted by Gasteiger charge is -2.18. The van der Waals surface area contributed by atoms with Gasteiger partial charge in [0.15, 0.2) is 0 Å². The van der Waals surface area contributed by atoms with Crippen molar-refractivity contribution < 1.29 is 4.39 Å². The van der Waals surface area contributed by atoms with Gasteiger partial charge in [-0.15, -0.1) is 0 Å². The number of hydrogen-bond donors (Lipinski definition) is 2. The third-order valence-electron chi connectivity index (χ3n) is 2.81. The van der Waals surface area contributed by atoms with Gasteiger partial charge in [-0.1, -0.05) is 39.7 Å². The highest BCUT2D eigenvalue weighted by atomic mass is 79.9. The molecule has 1 unspecified atom stereocenters. The van der Waals surface area contributed by atoms with E-state index in [1.165, 1.54) is 12.1 Å². The number of rotatable bonds is 3. The fraction of sp³-hybridized carbons (Fsp3) is 0.143. The highest BCUT2D eigenvalue weighted by Gasteiger charge is 2.10. The van der Waals surface area contributed by atoms with E-state index in [0.29, 0.717) is 11.4 Å². The van der Waals surface area contributed by atoms with Crippen LogP contribution in [0.4, 0.5) is 15.8 Å². The second kappa shape index (κ2) is 5.80. The van der Waals surface area contributed by atoms with Gasteiger partial charge in [-0.3, -0.25) is 0 Å². The maximum atomic E-state index is 13.4. The zero-order valence-corrected chi connectivity index (χ0v) is 12.6. The first kappa shape index (κ1) is 14.2. The molecule has 1 atom stereocenters. The van der Waals surface area contributed by atoms with Gasteiger partial charge in [0, 0.05) is 16.6 Å². The minimum absolute atomic E-state index is 0.000348. The second-order valence-corrected chi connectivity index (χ2v) is 5.60. The Morgan fingerprint density at radius 2 is 2.05 bits per heavy atom. The minimum Gasteiger partial charge on any atom is -0.397 e. The van der Waals surface area contributed by atoms with Crippen LogP contribution < -0.4 is 11.1 Å². The molecule has 0 bridgehead atoms. The van der Waals surface area contributed by atoms with Crippen LogP contribution in [0.2, 0.25) is 5.02 Å². The molecule has 2 nitrogen and oxygen atoms in total. The number of anilines is 2. The second-order valence-electron chi connectivity index (χ2n) is 4.27. The van der Waals surface area contributed by atoms with Gasteiger partial charge in [0.2, 0.25) is 0 Å². The van der Waals surface area contributed by atoms with Crippen LogP contribution in [-0.4, -0.2) is 0 Å². The molecule has 2 aromatic carbocycles. The van der Waals surface area contributed by atoms with E-state index in [1.54, 1.807) is 0 Å². The third-order valence-corrected chi connectivity index (χ3v) is 3.60. The van der Waals surface area contributed by atoms with Crippen LogP contribution >= 0.6 is 27.5 Å². The fourth-order valence-corrected chi connectivity index (χ4v) is 2.37. The van der Waals surface area contributed by atoms with Gasteiger partial charge in [-0.2, -0.15) is 0 Å². The lowest BCUT2D eigenvalue weighted by Crippen LogP contribution is -2.08. The summed E-state index contributed by atoms with van der Waals surface area (Å²) in [4.78, 5) is 0. The molecule has 0 heterocycles. The van der Waals surface area contributed by atoms with Crippen LogP contribution in [0, 0.1) is 5.82 Å². The molecule has 0 saturated heterocycles. The molecule has 0 radical (unpaired) electrons. The number of nitrogens with two attached hydrogens (primary N) is 1.